The smallest absolute Gasteiger partial charge is 0.410 e. The molecule has 1 aliphatic heterocycles. The number of rotatable bonds is 4. The van der Waals surface area contributed by atoms with Gasteiger partial charge in [-0.3, -0.25) is 4.40 Å². The van der Waals surface area contributed by atoms with Crippen molar-refractivity contribution >= 4 is 28.9 Å². The third-order valence-corrected chi connectivity index (χ3v) is 6.20. The highest BCUT2D eigenvalue weighted by Crippen LogP contribution is 2.27. The minimum absolute atomic E-state index is 0.243. The Morgan fingerprint density at radius 3 is 2.31 bits per heavy atom. The first kappa shape index (κ1) is 23.7. The monoisotopic (exact) mass is 484 g/mol. The number of nitrogens with zero attached hydrogens (tertiary/aromatic N) is 5. The number of nitrogens with one attached hydrogen (secondary N) is 1. The summed E-state index contributed by atoms with van der Waals surface area (Å²) in [6.07, 6.45) is 5.38. The summed E-state index contributed by atoms with van der Waals surface area (Å²) < 4.78 is 7.55. The van der Waals surface area contributed by atoms with E-state index in [4.69, 9.17) is 4.74 Å². The number of hydrogen-bond donors (Lipinski definition) is 1. The number of benzene rings is 2. The molecule has 3 heterocycles. The fourth-order valence-electron chi connectivity index (χ4n) is 4.31. The first-order valence-corrected chi connectivity index (χ1v) is 12.3. The van der Waals surface area contributed by atoms with Gasteiger partial charge in [0.05, 0.1) is 11.9 Å². The van der Waals surface area contributed by atoms with Crippen LogP contribution in [0.1, 0.15) is 26.3 Å². The van der Waals surface area contributed by atoms with Crippen molar-refractivity contribution in [2.75, 3.05) is 36.4 Å². The van der Waals surface area contributed by atoms with Gasteiger partial charge in [-0.05, 0) is 52.0 Å². The second kappa shape index (κ2) is 9.53. The van der Waals surface area contributed by atoms with E-state index < -0.39 is 5.60 Å². The second-order valence-electron chi connectivity index (χ2n) is 10.1. The molecular formula is C28H32N6O2. The van der Waals surface area contributed by atoms with Crippen LogP contribution < -0.4 is 10.2 Å². The van der Waals surface area contributed by atoms with Gasteiger partial charge in [0.1, 0.15) is 5.60 Å². The number of aromatic nitrogens is 3. The van der Waals surface area contributed by atoms with Crippen LogP contribution in [0.15, 0.2) is 67.1 Å². The minimum atomic E-state index is -0.477. The van der Waals surface area contributed by atoms with Gasteiger partial charge in [-0.25, -0.2) is 14.8 Å². The Labute approximate surface area is 211 Å². The van der Waals surface area contributed by atoms with Gasteiger partial charge in [-0.2, -0.15) is 0 Å². The van der Waals surface area contributed by atoms with E-state index in [-0.39, 0.29) is 6.09 Å². The highest BCUT2D eigenvalue weighted by atomic mass is 16.6. The lowest BCUT2D eigenvalue weighted by molar-refractivity contribution is 0.0240. The van der Waals surface area contributed by atoms with Gasteiger partial charge in [0, 0.05) is 55.5 Å². The lowest BCUT2D eigenvalue weighted by Crippen LogP contribution is -2.50. The quantitative estimate of drug-likeness (QED) is 0.412. The molecule has 2 aromatic heterocycles. The molecule has 0 spiro atoms. The van der Waals surface area contributed by atoms with Crippen molar-refractivity contribution in [3.05, 3.63) is 72.7 Å². The molecule has 4 aromatic rings. The van der Waals surface area contributed by atoms with E-state index in [1.165, 1.54) is 5.56 Å². The Kier molecular flexibility index (Phi) is 6.26. The molecule has 0 unspecified atom stereocenters. The van der Waals surface area contributed by atoms with Crippen LogP contribution in [0.3, 0.4) is 0 Å². The lowest BCUT2D eigenvalue weighted by atomic mass is 10.1. The first-order chi connectivity index (χ1) is 17.3. The van der Waals surface area contributed by atoms with E-state index in [0.29, 0.717) is 18.9 Å². The van der Waals surface area contributed by atoms with Crippen LogP contribution in [0.4, 0.5) is 22.0 Å². The number of aryl methyl sites for hydroxylation is 1. The van der Waals surface area contributed by atoms with Crippen LogP contribution in [0.25, 0.3) is 16.9 Å². The van der Waals surface area contributed by atoms with Gasteiger partial charge in [0.2, 0.25) is 0 Å². The largest absolute Gasteiger partial charge is 0.444 e. The van der Waals surface area contributed by atoms with E-state index in [2.05, 4.69) is 67.9 Å². The predicted molar refractivity (Wildman–Crippen MR) is 143 cm³/mol. The van der Waals surface area contributed by atoms with E-state index >= 15 is 0 Å². The topological polar surface area (TPSA) is 75.0 Å². The molecule has 8 nitrogen and oxygen atoms in total. The summed E-state index contributed by atoms with van der Waals surface area (Å²) in [6.45, 7) is 10.6. The molecule has 1 amide bonds. The molecule has 1 aliphatic rings. The van der Waals surface area contributed by atoms with E-state index in [1.54, 1.807) is 11.1 Å². The van der Waals surface area contributed by atoms with Gasteiger partial charge in [0.15, 0.2) is 11.5 Å². The normalized spacial score (nSPS) is 14.2. The van der Waals surface area contributed by atoms with Crippen molar-refractivity contribution in [3.63, 3.8) is 0 Å². The molecule has 0 radical (unpaired) electrons. The van der Waals surface area contributed by atoms with Gasteiger partial charge >= 0.3 is 6.09 Å². The average Bonchev–Trinajstić information content (AvgIpc) is 3.35. The zero-order chi connectivity index (χ0) is 25.3. The molecule has 2 aromatic carbocycles. The van der Waals surface area contributed by atoms with Gasteiger partial charge in [-0.1, -0.05) is 29.8 Å². The number of carbonyl (C=O) groups excluding carboxylic acids is 1. The summed E-state index contributed by atoms with van der Waals surface area (Å²) >= 11 is 0. The zero-order valence-corrected chi connectivity index (χ0v) is 21.2. The lowest BCUT2D eigenvalue weighted by Gasteiger charge is -2.36. The maximum absolute atomic E-state index is 12.3. The van der Waals surface area contributed by atoms with Crippen molar-refractivity contribution in [1.29, 1.82) is 0 Å². The Morgan fingerprint density at radius 2 is 1.64 bits per heavy atom. The van der Waals surface area contributed by atoms with Crippen LogP contribution in [0.2, 0.25) is 0 Å². The highest BCUT2D eigenvalue weighted by molar-refractivity contribution is 5.75. The molecule has 1 N–H and O–H groups in total. The highest BCUT2D eigenvalue weighted by Gasteiger charge is 2.26. The van der Waals surface area contributed by atoms with E-state index in [9.17, 15) is 4.79 Å². The molecular weight excluding hydrogens is 452 g/mol. The summed E-state index contributed by atoms with van der Waals surface area (Å²) in [7, 11) is 0. The molecule has 5 rings (SSSR count). The van der Waals surface area contributed by atoms with E-state index in [1.807, 2.05) is 45.3 Å². The van der Waals surface area contributed by atoms with Crippen LogP contribution in [-0.4, -0.2) is 57.1 Å². The summed E-state index contributed by atoms with van der Waals surface area (Å²) in [6, 6.07) is 16.7. The molecule has 36 heavy (non-hydrogen) atoms. The van der Waals surface area contributed by atoms with E-state index in [0.717, 1.165) is 41.4 Å². The Hall–Kier alpha value is -4.07. The van der Waals surface area contributed by atoms with Crippen molar-refractivity contribution < 1.29 is 9.53 Å². The zero-order valence-electron chi connectivity index (χ0n) is 21.2. The first-order valence-electron chi connectivity index (χ1n) is 12.3. The minimum Gasteiger partial charge on any atom is -0.444 e. The predicted octanol–water partition coefficient (Wildman–Crippen LogP) is 5.51. The number of anilines is 3. The molecule has 186 valence electrons. The fourth-order valence-corrected chi connectivity index (χ4v) is 4.31. The summed E-state index contributed by atoms with van der Waals surface area (Å²) in [5, 5.41) is 3.41. The number of hydrogen-bond acceptors (Lipinski definition) is 6. The number of piperazine rings is 1. The van der Waals surface area contributed by atoms with Crippen molar-refractivity contribution in [3.8, 4) is 11.3 Å². The number of ether oxygens (including phenoxy) is 1. The third kappa shape index (κ3) is 5.12. The number of carbonyl (C=O) groups is 1. The maximum atomic E-state index is 12.3. The second-order valence-corrected chi connectivity index (χ2v) is 10.1. The SMILES string of the molecule is Cc1ccc(-c2cnc(Nc3ccc(N4CCN(C(=O)OC(C)(C)C)CC4)cc3)c3nccn23)cc1. The van der Waals surface area contributed by atoms with Gasteiger partial charge in [-0.15, -0.1) is 0 Å². The molecule has 0 saturated carbocycles. The van der Waals surface area contributed by atoms with Gasteiger partial charge < -0.3 is 19.9 Å². The third-order valence-electron chi connectivity index (χ3n) is 6.20. The number of amides is 1. The van der Waals surface area contributed by atoms with Crippen LogP contribution in [0.5, 0.6) is 0 Å². The van der Waals surface area contributed by atoms with Crippen LogP contribution in [-0.2, 0) is 4.74 Å². The Balaban J connectivity index is 1.26. The standard InChI is InChI=1S/C28H32N6O2/c1-20-5-7-21(8-6-20)24-19-30-25(26-29-13-14-34(24)26)31-22-9-11-23(12-10-22)32-15-17-33(18-16-32)27(35)36-28(2,3)4/h5-14,19H,15-18H2,1-4H3,(H,30,31). The number of imidazole rings is 1. The molecule has 0 aliphatic carbocycles. The van der Waals surface area contributed by atoms with Crippen LogP contribution in [0, 0.1) is 6.92 Å². The summed E-state index contributed by atoms with van der Waals surface area (Å²) in [5.74, 6) is 0.703. The Bertz CT molecular complexity index is 1350. The molecule has 1 saturated heterocycles. The molecule has 8 heteroatoms. The fraction of sp³-hybridized carbons (Fsp3) is 0.321. The van der Waals surface area contributed by atoms with Gasteiger partial charge in [0.25, 0.3) is 0 Å². The number of fused-ring (bicyclic) bond motifs is 1. The van der Waals surface area contributed by atoms with Crippen molar-refractivity contribution in [2.24, 2.45) is 0 Å². The van der Waals surface area contributed by atoms with Crippen molar-refractivity contribution in [2.45, 2.75) is 33.3 Å². The summed E-state index contributed by atoms with van der Waals surface area (Å²) in [4.78, 5) is 25.6. The molecule has 1 fully saturated rings. The van der Waals surface area contributed by atoms with Crippen molar-refractivity contribution in [1.82, 2.24) is 19.3 Å². The van der Waals surface area contributed by atoms with Crippen LogP contribution >= 0.6 is 0 Å². The summed E-state index contributed by atoms with van der Waals surface area (Å²) in [5.41, 5.74) is 5.67. The molecule has 0 bridgehead atoms. The average molecular weight is 485 g/mol. The maximum Gasteiger partial charge on any atom is 0.410 e. The Morgan fingerprint density at radius 1 is 0.944 bits per heavy atom. The molecule has 0 atom stereocenters.